The fourth-order valence-electron chi connectivity index (χ4n) is 5.91. The second kappa shape index (κ2) is 10.9. The highest BCUT2D eigenvalue weighted by atomic mass is 32.1. The lowest BCUT2D eigenvalue weighted by atomic mass is 10.0. The molecule has 0 amide bonds. The van der Waals surface area contributed by atoms with Crippen LogP contribution in [0.2, 0.25) is 0 Å². The quantitative estimate of drug-likeness (QED) is 0.194. The number of fused-ring (bicyclic) bond motifs is 4. The van der Waals surface area contributed by atoms with Crippen LogP contribution in [0.5, 0.6) is 0 Å². The molecule has 0 radical (unpaired) electrons. The maximum absolute atomic E-state index is 6.18. The lowest BCUT2D eigenvalue weighted by molar-refractivity contribution is 0.620. The Hall–Kier alpha value is -5.98. The van der Waals surface area contributed by atoms with Crippen molar-refractivity contribution in [2.45, 2.75) is 0 Å². The third kappa shape index (κ3) is 4.64. The van der Waals surface area contributed by atoms with Crippen molar-refractivity contribution in [3.63, 3.8) is 0 Å². The van der Waals surface area contributed by atoms with E-state index in [1.54, 1.807) is 11.3 Å². The summed E-state index contributed by atoms with van der Waals surface area (Å²) in [6.07, 6.45) is 0. The zero-order chi connectivity index (χ0) is 30.5. The summed E-state index contributed by atoms with van der Waals surface area (Å²) in [5, 5.41) is 2.35. The van der Waals surface area contributed by atoms with E-state index in [1.165, 1.54) is 20.2 Å². The molecule has 216 valence electrons. The Bertz CT molecular complexity index is 2470. The summed E-state index contributed by atoms with van der Waals surface area (Å²) in [7, 11) is 0. The summed E-state index contributed by atoms with van der Waals surface area (Å²) in [5.74, 6) is 2.57. The third-order valence-corrected chi connectivity index (χ3v) is 9.33. The number of para-hydroxylation sites is 1. The van der Waals surface area contributed by atoms with Crippen LogP contribution in [-0.4, -0.2) is 19.9 Å². The van der Waals surface area contributed by atoms with Gasteiger partial charge >= 0.3 is 0 Å². The van der Waals surface area contributed by atoms with E-state index in [0.29, 0.717) is 23.4 Å². The van der Waals surface area contributed by atoms with Gasteiger partial charge in [-0.15, -0.1) is 11.3 Å². The van der Waals surface area contributed by atoms with Gasteiger partial charge in [-0.25, -0.2) is 19.9 Å². The van der Waals surface area contributed by atoms with Crippen LogP contribution in [0.4, 0.5) is 0 Å². The second-order valence-corrected chi connectivity index (χ2v) is 12.2. The minimum absolute atomic E-state index is 0.622. The number of hydrogen-bond donors (Lipinski definition) is 0. The van der Waals surface area contributed by atoms with E-state index in [2.05, 4.69) is 42.5 Å². The fraction of sp³-hybridized carbons (Fsp3) is 0. The Labute approximate surface area is 268 Å². The molecule has 3 heterocycles. The second-order valence-electron chi connectivity index (χ2n) is 11.1. The van der Waals surface area contributed by atoms with Crippen molar-refractivity contribution in [1.29, 1.82) is 0 Å². The lowest BCUT2D eigenvalue weighted by Crippen LogP contribution is -2.00. The first-order valence-corrected chi connectivity index (χ1v) is 15.9. The van der Waals surface area contributed by atoms with Crippen LogP contribution in [-0.2, 0) is 0 Å². The summed E-state index contributed by atoms with van der Waals surface area (Å²) < 4.78 is 8.61. The van der Waals surface area contributed by atoms with Crippen LogP contribution in [0.3, 0.4) is 0 Å². The highest BCUT2D eigenvalue weighted by molar-refractivity contribution is 7.25. The summed E-state index contributed by atoms with van der Waals surface area (Å²) in [4.78, 5) is 19.7. The average Bonchev–Trinajstić information content (AvgIpc) is 3.74. The molecule has 0 aliphatic carbocycles. The first-order valence-electron chi connectivity index (χ1n) is 15.1. The normalized spacial score (nSPS) is 11.5. The molecule has 0 N–H and O–H groups in total. The number of thiophene rings is 1. The monoisotopic (exact) mass is 608 g/mol. The molecule has 0 spiro atoms. The Morgan fingerprint density at radius 2 is 0.935 bits per heavy atom. The van der Waals surface area contributed by atoms with Crippen molar-refractivity contribution in [3.8, 4) is 56.7 Å². The van der Waals surface area contributed by atoms with Crippen molar-refractivity contribution in [2.24, 2.45) is 0 Å². The molecule has 0 saturated carbocycles. The van der Waals surface area contributed by atoms with Gasteiger partial charge in [0.05, 0.1) is 0 Å². The largest absolute Gasteiger partial charge is 0.436 e. The van der Waals surface area contributed by atoms with E-state index in [-0.39, 0.29) is 0 Å². The van der Waals surface area contributed by atoms with Gasteiger partial charge in [0.1, 0.15) is 5.52 Å². The average molecular weight is 609 g/mol. The van der Waals surface area contributed by atoms with Gasteiger partial charge < -0.3 is 4.42 Å². The first-order chi connectivity index (χ1) is 22.8. The molecule has 0 atom stereocenters. The molecule has 0 aliphatic heterocycles. The summed E-state index contributed by atoms with van der Waals surface area (Å²) in [5.41, 5.74) is 7.56. The summed E-state index contributed by atoms with van der Waals surface area (Å²) in [6.45, 7) is 0. The molecule has 0 aliphatic rings. The number of benzene rings is 6. The van der Waals surface area contributed by atoms with E-state index in [4.69, 9.17) is 24.4 Å². The van der Waals surface area contributed by atoms with Crippen LogP contribution in [0, 0.1) is 0 Å². The predicted octanol–water partition coefficient (Wildman–Crippen LogP) is 10.7. The number of nitrogens with zero attached hydrogens (tertiary/aromatic N) is 4. The molecular formula is C40H24N4OS. The van der Waals surface area contributed by atoms with E-state index in [9.17, 15) is 0 Å². The molecule has 0 fully saturated rings. The molecule has 0 unspecified atom stereocenters. The molecule has 9 rings (SSSR count). The molecule has 6 aromatic carbocycles. The van der Waals surface area contributed by atoms with Gasteiger partial charge in [-0.2, -0.15) is 0 Å². The van der Waals surface area contributed by atoms with E-state index in [1.807, 2.05) is 103 Å². The van der Waals surface area contributed by atoms with Crippen LogP contribution in [0.1, 0.15) is 0 Å². The molecule has 0 saturated heterocycles. The first kappa shape index (κ1) is 26.4. The van der Waals surface area contributed by atoms with Crippen molar-refractivity contribution in [1.82, 2.24) is 19.9 Å². The van der Waals surface area contributed by atoms with Gasteiger partial charge in [-0.05, 0) is 54.1 Å². The number of oxazole rings is 1. The van der Waals surface area contributed by atoms with E-state index in [0.717, 1.165) is 44.5 Å². The highest BCUT2D eigenvalue weighted by Crippen LogP contribution is 2.40. The molecule has 5 nitrogen and oxygen atoms in total. The van der Waals surface area contributed by atoms with Crippen molar-refractivity contribution in [3.05, 3.63) is 146 Å². The maximum atomic E-state index is 6.18. The number of aromatic nitrogens is 4. The topological polar surface area (TPSA) is 64.7 Å². The van der Waals surface area contributed by atoms with Crippen LogP contribution in [0.25, 0.3) is 88.0 Å². The molecule has 3 aromatic heterocycles. The summed E-state index contributed by atoms with van der Waals surface area (Å²) >= 11 is 1.79. The Morgan fingerprint density at radius 3 is 1.54 bits per heavy atom. The highest BCUT2D eigenvalue weighted by Gasteiger charge is 2.16. The number of hydrogen-bond acceptors (Lipinski definition) is 6. The minimum Gasteiger partial charge on any atom is -0.436 e. The Kier molecular flexibility index (Phi) is 6.25. The molecule has 0 bridgehead atoms. The minimum atomic E-state index is 0.622. The predicted molar refractivity (Wildman–Crippen MR) is 187 cm³/mol. The molecular weight excluding hydrogens is 585 g/mol. The van der Waals surface area contributed by atoms with Crippen molar-refractivity contribution < 1.29 is 4.42 Å². The van der Waals surface area contributed by atoms with Crippen LogP contribution >= 0.6 is 11.3 Å². The van der Waals surface area contributed by atoms with Gasteiger partial charge in [0.2, 0.25) is 5.89 Å². The van der Waals surface area contributed by atoms with Gasteiger partial charge in [-0.1, -0.05) is 97.1 Å². The number of rotatable bonds is 5. The van der Waals surface area contributed by atoms with E-state index < -0.39 is 0 Å². The molecule has 46 heavy (non-hydrogen) atoms. The van der Waals surface area contributed by atoms with Gasteiger partial charge in [0.15, 0.2) is 23.1 Å². The van der Waals surface area contributed by atoms with Crippen molar-refractivity contribution >= 4 is 42.6 Å². The van der Waals surface area contributed by atoms with Crippen molar-refractivity contribution in [2.75, 3.05) is 0 Å². The third-order valence-electron chi connectivity index (χ3n) is 8.18. The molecule has 9 aromatic rings. The SMILES string of the molecule is c1ccc(-c2nc(-c3ccccc3)nc(-c3ccc4sc5ccc(-c6cccc7oc(-c8ccccc8)nc67)cc5c4c3)n2)cc1. The van der Waals surface area contributed by atoms with Crippen LogP contribution < -0.4 is 0 Å². The van der Waals surface area contributed by atoms with Gasteiger partial charge in [0.25, 0.3) is 0 Å². The van der Waals surface area contributed by atoms with Gasteiger partial charge in [-0.3, -0.25) is 0 Å². The maximum Gasteiger partial charge on any atom is 0.227 e. The fourth-order valence-corrected chi connectivity index (χ4v) is 6.97. The van der Waals surface area contributed by atoms with E-state index >= 15 is 0 Å². The Morgan fingerprint density at radius 1 is 0.413 bits per heavy atom. The zero-order valence-corrected chi connectivity index (χ0v) is 25.3. The standard InChI is InChI=1S/C40H24N4OS/c1-4-11-25(12-5-1)37-42-38(26-13-6-2-7-14-26)44-39(43-37)29-20-22-35-32(24-29)31-23-28(19-21-34(31)46-35)30-17-10-18-33-36(30)41-40(45-33)27-15-8-3-9-16-27/h1-24H. The Balaban J connectivity index is 1.18. The lowest BCUT2D eigenvalue weighted by Gasteiger charge is -2.08. The van der Waals surface area contributed by atoms with Gasteiger partial charge in [0, 0.05) is 48.0 Å². The molecule has 6 heteroatoms. The van der Waals surface area contributed by atoms with Crippen LogP contribution in [0.15, 0.2) is 150 Å². The smallest absolute Gasteiger partial charge is 0.227 e. The summed E-state index contributed by atoms with van der Waals surface area (Å²) in [6, 6.07) is 49.4. The zero-order valence-electron chi connectivity index (χ0n) is 24.5.